The molecule has 1 aliphatic heterocycles. The van der Waals surface area contributed by atoms with Gasteiger partial charge in [-0.15, -0.1) is 0 Å². The van der Waals surface area contributed by atoms with Gasteiger partial charge in [-0.05, 0) is 0 Å². The van der Waals surface area contributed by atoms with Crippen LogP contribution in [0, 0.1) is 5.41 Å². The van der Waals surface area contributed by atoms with Crippen molar-refractivity contribution in [2.45, 2.75) is 18.6 Å². The zero-order valence-electron chi connectivity index (χ0n) is 6.40. The highest BCUT2D eigenvalue weighted by Gasteiger charge is 2.36. The zero-order chi connectivity index (χ0) is 9.30. The van der Waals surface area contributed by atoms with Gasteiger partial charge in [-0.3, -0.25) is 5.41 Å². The molecule has 1 heterocycles. The first-order chi connectivity index (χ1) is 5.52. The molecule has 12 heavy (non-hydrogen) atoms. The molecule has 6 heteroatoms. The molecule has 0 unspecified atom stereocenters. The van der Waals surface area contributed by atoms with Gasteiger partial charge in [0.05, 0.1) is 6.10 Å². The summed E-state index contributed by atoms with van der Waals surface area (Å²) in [7, 11) is 0. The van der Waals surface area contributed by atoms with Crippen molar-refractivity contribution in [2.24, 2.45) is 5.73 Å². The number of rotatable bonds is 1. The van der Waals surface area contributed by atoms with Crippen molar-refractivity contribution in [3.63, 3.8) is 0 Å². The van der Waals surface area contributed by atoms with E-state index in [1.807, 2.05) is 0 Å². The van der Waals surface area contributed by atoms with E-state index < -0.39 is 18.1 Å². The summed E-state index contributed by atoms with van der Waals surface area (Å²) < 4.78 is 0. The average Bonchev–Trinajstić information content (AvgIpc) is 2.31. The summed E-state index contributed by atoms with van der Waals surface area (Å²) in [6.07, 6.45) is -0.565. The van der Waals surface area contributed by atoms with E-state index in [2.05, 4.69) is 0 Å². The van der Waals surface area contributed by atoms with Gasteiger partial charge in [0.1, 0.15) is 6.04 Å². The molecule has 0 amide bonds. The number of aliphatic carboxylic acids is 1. The molecule has 1 aliphatic rings. The third-order valence-electron chi connectivity index (χ3n) is 1.87. The molecule has 1 rings (SSSR count). The van der Waals surface area contributed by atoms with E-state index in [4.69, 9.17) is 21.4 Å². The van der Waals surface area contributed by atoms with Crippen molar-refractivity contribution in [3.05, 3.63) is 0 Å². The van der Waals surface area contributed by atoms with Crippen molar-refractivity contribution in [2.75, 3.05) is 6.54 Å². The summed E-state index contributed by atoms with van der Waals surface area (Å²) in [6, 6.07) is -0.850. The molecule has 5 N–H and O–H groups in total. The Morgan fingerprint density at radius 1 is 1.67 bits per heavy atom. The lowest BCUT2D eigenvalue weighted by atomic mass is 10.2. The van der Waals surface area contributed by atoms with E-state index in [0.29, 0.717) is 0 Å². The number of β-amino-alcohol motifs (C(OH)–C–C–N with tert-alkyl or cyclic N) is 1. The summed E-state index contributed by atoms with van der Waals surface area (Å²) in [5.41, 5.74) is 5.12. The monoisotopic (exact) mass is 173 g/mol. The Hall–Kier alpha value is -1.30. The number of hydrogen-bond donors (Lipinski definition) is 4. The molecule has 68 valence electrons. The average molecular weight is 173 g/mol. The molecule has 0 aromatic carbocycles. The second-order valence-corrected chi connectivity index (χ2v) is 2.78. The summed E-state index contributed by atoms with van der Waals surface area (Å²) >= 11 is 0. The lowest BCUT2D eigenvalue weighted by Crippen LogP contribution is -2.44. The van der Waals surface area contributed by atoms with Crippen LogP contribution < -0.4 is 5.73 Å². The Kier molecular flexibility index (Phi) is 2.18. The number of hydrogen-bond acceptors (Lipinski definition) is 3. The zero-order valence-corrected chi connectivity index (χ0v) is 6.40. The number of guanidine groups is 1. The number of carboxylic acids is 1. The highest BCUT2D eigenvalue weighted by molar-refractivity contribution is 5.83. The van der Waals surface area contributed by atoms with Gasteiger partial charge in [0.2, 0.25) is 0 Å². The van der Waals surface area contributed by atoms with Crippen LogP contribution in [0.2, 0.25) is 0 Å². The summed E-state index contributed by atoms with van der Waals surface area (Å²) in [4.78, 5) is 11.7. The summed E-state index contributed by atoms with van der Waals surface area (Å²) in [5.74, 6) is -1.36. The molecule has 0 aromatic heterocycles. The molecule has 0 aliphatic carbocycles. The minimum atomic E-state index is -1.05. The highest BCUT2D eigenvalue weighted by atomic mass is 16.4. The first-order valence-corrected chi connectivity index (χ1v) is 3.54. The number of carbonyl (C=O) groups is 1. The van der Waals surface area contributed by atoms with Gasteiger partial charge in [-0.1, -0.05) is 0 Å². The second-order valence-electron chi connectivity index (χ2n) is 2.78. The van der Waals surface area contributed by atoms with E-state index in [1.165, 1.54) is 4.90 Å². The fourth-order valence-corrected chi connectivity index (χ4v) is 1.31. The highest BCUT2D eigenvalue weighted by Crippen LogP contribution is 2.16. The second kappa shape index (κ2) is 2.98. The van der Waals surface area contributed by atoms with Gasteiger partial charge in [0.15, 0.2) is 5.96 Å². The maximum atomic E-state index is 10.6. The van der Waals surface area contributed by atoms with Gasteiger partial charge in [0, 0.05) is 13.0 Å². The Bertz CT molecular complexity index is 196. The first kappa shape index (κ1) is 8.79. The number of nitrogens with two attached hydrogens (primary N) is 1. The van der Waals surface area contributed by atoms with Crippen LogP contribution >= 0.6 is 0 Å². The van der Waals surface area contributed by atoms with Crippen molar-refractivity contribution >= 4 is 11.9 Å². The SMILES string of the molecule is N=C(N)N1C[C@@H](O)C[C@H]1C(=O)O. The Labute approximate surface area is 69.1 Å². The van der Waals surface area contributed by atoms with E-state index >= 15 is 0 Å². The van der Waals surface area contributed by atoms with Crippen LogP contribution in [0.1, 0.15) is 6.42 Å². The van der Waals surface area contributed by atoms with Crippen LogP contribution in [0.25, 0.3) is 0 Å². The number of aliphatic hydroxyl groups excluding tert-OH is 1. The molecular formula is C6H11N3O3. The van der Waals surface area contributed by atoms with E-state index in [1.54, 1.807) is 0 Å². The minimum absolute atomic E-state index is 0.131. The first-order valence-electron chi connectivity index (χ1n) is 3.54. The van der Waals surface area contributed by atoms with Crippen LogP contribution in [0.5, 0.6) is 0 Å². The van der Waals surface area contributed by atoms with E-state index in [9.17, 15) is 4.79 Å². The Morgan fingerprint density at radius 2 is 2.25 bits per heavy atom. The third-order valence-corrected chi connectivity index (χ3v) is 1.87. The van der Waals surface area contributed by atoms with Crippen LogP contribution in [0.15, 0.2) is 0 Å². The number of nitrogens with one attached hydrogen (secondary N) is 1. The van der Waals surface area contributed by atoms with Gasteiger partial charge in [-0.2, -0.15) is 0 Å². The Balaban J connectivity index is 2.72. The smallest absolute Gasteiger partial charge is 0.326 e. The lowest BCUT2D eigenvalue weighted by molar-refractivity contribution is -0.141. The fourth-order valence-electron chi connectivity index (χ4n) is 1.31. The fraction of sp³-hybridized carbons (Fsp3) is 0.667. The van der Waals surface area contributed by atoms with Gasteiger partial charge in [-0.25, -0.2) is 4.79 Å². The van der Waals surface area contributed by atoms with Crippen LogP contribution in [0.4, 0.5) is 0 Å². The van der Waals surface area contributed by atoms with E-state index in [-0.39, 0.29) is 18.9 Å². The molecule has 0 radical (unpaired) electrons. The molecule has 0 saturated carbocycles. The number of carboxylic acid groups (broad SMARTS) is 1. The van der Waals surface area contributed by atoms with Crippen molar-refractivity contribution < 1.29 is 15.0 Å². The van der Waals surface area contributed by atoms with Crippen molar-refractivity contribution in [1.82, 2.24) is 4.90 Å². The summed E-state index contributed by atoms with van der Waals surface area (Å²) in [5, 5.41) is 24.8. The Morgan fingerprint density at radius 3 is 2.58 bits per heavy atom. The molecular weight excluding hydrogens is 162 g/mol. The maximum absolute atomic E-state index is 10.6. The quantitative estimate of drug-likeness (QED) is 0.282. The molecule has 0 aromatic rings. The number of nitrogens with zero attached hydrogens (tertiary/aromatic N) is 1. The lowest BCUT2D eigenvalue weighted by Gasteiger charge is -2.20. The molecule has 0 bridgehead atoms. The molecule has 1 saturated heterocycles. The van der Waals surface area contributed by atoms with Gasteiger partial charge >= 0.3 is 5.97 Å². The molecule has 2 atom stereocenters. The predicted molar refractivity (Wildman–Crippen MR) is 40.7 cm³/mol. The van der Waals surface area contributed by atoms with Crippen LogP contribution in [-0.4, -0.2) is 45.7 Å². The standard InChI is InChI=1S/C6H11N3O3/c7-6(8)9-2-3(10)1-4(9)5(11)12/h3-4,10H,1-2H2,(H3,7,8)(H,11,12)/t3-,4-/m0/s1. The number of aliphatic hydroxyl groups is 1. The largest absolute Gasteiger partial charge is 0.480 e. The summed E-state index contributed by atoms with van der Waals surface area (Å²) in [6.45, 7) is 0.131. The van der Waals surface area contributed by atoms with Crippen molar-refractivity contribution in [3.8, 4) is 0 Å². The third kappa shape index (κ3) is 1.48. The normalized spacial score (nSPS) is 28.9. The predicted octanol–water partition coefficient (Wildman–Crippen LogP) is -1.60. The minimum Gasteiger partial charge on any atom is -0.480 e. The van der Waals surface area contributed by atoms with Crippen LogP contribution in [-0.2, 0) is 4.79 Å². The van der Waals surface area contributed by atoms with Gasteiger partial charge in [0.25, 0.3) is 0 Å². The molecule has 1 fully saturated rings. The van der Waals surface area contributed by atoms with E-state index in [0.717, 1.165) is 0 Å². The van der Waals surface area contributed by atoms with Crippen LogP contribution in [0.3, 0.4) is 0 Å². The topological polar surface area (TPSA) is 111 Å². The van der Waals surface area contributed by atoms with Gasteiger partial charge < -0.3 is 20.8 Å². The van der Waals surface area contributed by atoms with Crippen molar-refractivity contribution in [1.29, 1.82) is 5.41 Å². The number of likely N-dealkylation sites (tertiary alicyclic amines) is 1. The molecule has 6 nitrogen and oxygen atoms in total. The maximum Gasteiger partial charge on any atom is 0.326 e. The molecule has 0 spiro atoms.